The molecule has 0 bridgehead atoms. The summed E-state index contributed by atoms with van der Waals surface area (Å²) in [5.74, 6) is 1.21. The highest BCUT2D eigenvalue weighted by atomic mass is 16.8. The zero-order valence-corrected chi connectivity index (χ0v) is 10.0. The number of nitrogens with zero attached hydrogens (tertiary/aromatic N) is 1. The Balaban J connectivity index is 2.61. The molecule has 1 aromatic heterocycles. The number of benzene rings is 1. The van der Waals surface area contributed by atoms with Gasteiger partial charge in [-0.1, -0.05) is 0 Å². The third-order valence-electron chi connectivity index (χ3n) is 2.60. The molecule has 96 valence electrons. The number of hydroxylamine groups is 2. The van der Waals surface area contributed by atoms with Gasteiger partial charge in [0.05, 0.1) is 31.3 Å². The Labute approximate surface area is 104 Å². The van der Waals surface area contributed by atoms with Crippen LogP contribution < -0.4 is 9.47 Å². The quantitative estimate of drug-likeness (QED) is 0.725. The van der Waals surface area contributed by atoms with Gasteiger partial charge in [-0.25, -0.2) is 0 Å². The van der Waals surface area contributed by atoms with Gasteiger partial charge in [-0.2, -0.15) is 0 Å². The van der Waals surface area contributed by atoms with Crippen LogP contribution >= 0.6 is 0 Å². The molecule has 0 saturated carbocycles. The lowest BCUT2D eigenvalue weighted by Gasteiger charge is -2.09. The van der Waals surface area contributed by atoms with E-state index in [1.807, 2.05) is 6.07 Å². The first-order valence-corrected chi connectivity index (χ1v) is 5.24. The second-order valence-electron chi connectivity index (χ2n) is 3.60. The highest BCUT2D eigenvalue weighted by Crippen LogP contribution is 2.37. The first kappa shape index (κ1) is 12.3. The van der Waals surface area contributed by atoms with Gasteiger partial charge in [0.15, 0.2) is 11.5 Å². The Morgan fingerprint density at radius 1 is 1.22 bits per heavy atom. The van der Waals surface area contributed by atoms with Crippen molar-refractivity contribution in [3.05, 3.63) is 30.1 Å². The monoisotopic (exact) mass is 250 g/mol. The molecule has 0 unspecified atom stereocenters. The van der Waals surface area contributed by atoms with E-state index in [9.17, 15) is 0 Å². The third-order valence-corrected chi connectivity index (χ3v) is 2.60. The maximum absolute atomic E-state index is 8.69. The van der Waals surface area contributed by atoms with Crippen LogP contribution in [0.1, 0.15) is 5.56 Å². The molecule has 0 saturated heterocycles. The Morgan fingerprint density at radius 2 is 2.00 bits per heavy atom. The molecular formula is C12H14N2O4. The van der Waals surface area contributed by atoms with E-state index in [-0.39, 0.29) is 5.23 Å². The second-order valence-corrected chi connectivity index (χ2v) is 3.60. The van der Waals surface area contributed by atoms with Crippen molar-refractivity contribution < 1.29 is 19.9 Å². The fourth-order valence-electron chi connectivity index (χ4n) is 1.84. The number of nitrogens with one attached hydrogen (secondary N) is 1. The highest BCUT2D eigenvalue weighted by molar-refractivity contribution is 5.95. The van der Waals surface area contributed by atoms with Crippen LogP contribution in [0, 0.1) is 0 Å². The minimum absolute atomic E-state index is 0.00845. The Kier molecular flexibility index (Phi) is 3.40. The Hall–Kier alpha value is -2.18. The molecule has 0 fully saturated rings. The number of aromatic nitrogens is 1. The van der Waals surface area contributed by atoms with E-state index in [2.05, 4.69) is 4.98 Å². The van der Waals surface area contributed by atoms with Crippen molar-refractivity contribution in [2.24, 2.45) is 0 Å². The van der Waals surface area contributed by atoms with Gasteiger partial charge in [-0.15, -0.1) is 5.23 Å². The van der Waals surface area contributed by atoms with E-state index < -0.39 is 0 Å². The van der Waals surface area contributed by atoms with Gasteiger partial charge < -0.3 is 14.5 Å². The molecule has 1 aromatic carbocycles. The molecule has 0 spiro atoms. The summed E-state index contributed by atoms with van der Waals surface area (Å²) in [4.78, 5) is 3.07. The maximum Gasteiger partial charge on any atom is 0.170 e. The number of aromatic amines is 1. The number of ether oxygens (including phenoxy) is 2. The molecule has 0 aliphatic heterocycles. The van der Waals surface area contributed by atoms with Crippen molar-refractivity contribution in [3.63, 3.8) is 0 Å². The summed E-state index contributed by atoms with van der Waals surface area (Å²) < 4.78 is 10.6. The number of fused-ring (bicyclic) bond motifs is 1. The molecule has 6 heteroatoms. The largest absolute Gasteiger partial charge is 0.493 e. The third kappa shape index (κ3) is 2.11. The van der Waals surface area contributed by atoms with Crippen LogP contribution in [0.15, 0.2) is 24.5 Å². The predicted octanol–water partition coefficient (Wildman–Crippen LogP) is 2.24. The molecule has 2 rings (SSSR count). The van der Waals surface area contributed by atoms with E-state index in [0.29, 0.717) is 11.5 Å². The molecule has 1 heterocycles. The van der Waals surface area contributed by atoms with Crippen molar-refractivity contribution in [1.29, 1.82) is 0 Å². The van der Waals surface area contributed by atoms with Crippen LogP contribution in [0.4, 0.5) is 0 Å². The van der Waals surface area contributed by atoms with E-state index in [1.165, 1.54) is 0 Å². The minimum atomic E-state index is -0.00845. The first-order valence-electron chi connectivity index (χ1n) is 5.24. The molecule has 0 atom stereocenters. The van der Waals surface area contributed by atoms with Gasteiger partial charge >= 0.3 is 0 Å². The summed E-state index contributed by atoms with van der Waals surface area (Å²) in [6.07, 6.45) is 4.40. The second kappa shape index (κ2) is 4.99. The average molecular weight is 250 g/mol. The van der Waals surface area contributed by atoms with Crippen molar-refractivity contribution in [2.75, 3.05) is 14.2 Å². The summed E-state index contributed by atoms with van der Waals surface area (Å²) >= 11 is 0. The zero-order chi connectivity index (χ0) is 13.1. The van der Waals surface area contributed by atoms with Crippen molar-refractivity contribution in [1.82, 2.24) is 10.2 Å². The van der Waals surface area contributed by atoms with Gasteiger partial charge in [0.2, 0.25) is 0 Å². The molecule has 0 amide bonds. The van der Waals surface area contributed by atoms with E-state index >= 15 is 0 Å². The van der Waals surface area contributed by atoms with Crippen molar-refractivity contribution >= 4 is 17.0 Å². The van der Waals surface area contributed by atoms with Crippen molar-refractivity contribution in [2.45, 2.75) is 0 Å². The predicted molar refractivity (Wildman–Crippen MR) is 65.8 cm³/mol. The standard InChI is InChI=1S/C12H14N2O4/c1-17-10-4-3-9-11(12(10)18-2)8(7-13-9)5-6-14(15)16/h3-7,13,15-16H,1-2H3/b6-5+. The van der Waals surface area contributed by atoms with Gasteiger partial charge in [-0.3, -0.25) is 10.4 Å². The summed E-state index contributed by atoms with van der Waals surface area (Å²) in [6, 6.07) is 3.67. The Morgan fingerprint density at radius 3 is 2.61 bits per heavy atom. The van der Waals surface area contributed by atoms with Crippen LogP contribution in [0.2, 0.25) is 0 Å². The van der Waals surface area contributed by atoms with Gasteiger partial charge in [-0.05, 0) is 18.2 Å². The van der Waals surface area contributed by atoms with E-state index in [0.717, 1.165) is 22.7 Å². The Bertz CT molecular complexity index is 575. The van der Waals surface area contributed by atoms with Crippen LogP contribution in [0.25, 0.3) is 17.0 Å². The minimum Gasteiger partial charge on any atom is -0.493 e. The topological polar surface area (TPSA) is 78.0 Å². The van der Waals surface area contributed by atoms with Crippen LogP contribution in [-0.4, -0.2) is 34.8 Å². The molecule has 0 aliphatic rings. The summed E-state index contributed by atoms with van der Waals surface area (Å²) in [5.41, 5.74) is 1.63. The number of rotatable bonds is 4. The summed E-state index contributed by atoms with van der Waals surface area (Å²) in [5, 5.41) is 18.2. The summed E-state index contributed by atoms with van der Waals surface area (Å²) in [6.45, 7) is 0. The SMILES string of the molecule is COc1ccc2[nH]cc(/C=C/N(O)O)c2c1OC. The lowest BCUT2D eigenvalue weighted by atomic mass is 10.1. The number of hydrogen-bond donors (Lipinski definition) is 3. The van der Waals surface area contributed by atoms with E-state index in [1.54, 1.807) is 32.6 Å². The van der Waals surface area contributed by atoms with Gasteiger partial charge in [0.1, 0.15) is 0 Å². The summed E-state index contributed by atoms with van der Waals surface area (Å²) in [7, 11) is 3.12. The lowest BCUT2D eigenvalue weighted by molar-refractivity contribution is -0.266. The normalized spacial score (nSPS) is 11.1. The fourth-order valence-corrected chi connectivity index (χ4v) is 1.84. The molecule has 0 radical (unpaired) electrons. The van der Waals surface area contributed by atoms with Crippen molar-refractivity contribution in [3.8, 4) is 11.5 Å². The van der Waals surface area contributed by atoms with Crippen LogP contribution in [0.5, 0.6) is 11.5 Å². The molecule has 3 N–H and O–H groups in total. The average Bonchev–Trinajstić information content (AvgIpc) is 2.78. The first-order chi connectivity index (χ1) is 8.67. The molecule has 0 aliphatic carbocycles. The molecular weight excluding hydrogens is 236 g/mol. The van der Waals surface area contributed by atoms with Gasteiger partial charge in [0, 0.05) is 11.8 Å². The molecule has 18 heavy (non-hydrogen) atoms. The fraction of sp³-hybridized carbons (Fsp3) is 0.167. The zero-order valence-electron chi connectivity index (χ0n) is 10.0. The number of hydrogen-bond acceptors (Lipinski definition) is 5. The van der Waals surface area contributed by atoms with Crippen LogP contribution in [-0.2, 0) is 0 Å². The lowest BCUT2D eigenvalue weighted by Crippen LogP contribution is -2.02. The smallest absolute Gasteiger partial charge is 0.170 e. The highest BCUT2D eigenvalue weighted by Gasteiger charge is 2.12. The number of H-pyrrole nitrogens is 1. The molecule has 6 nitrogen and oxygen atoms in total. The molecule has 2 aromatic rings. The van der Waals surface area contributed by atoms with E-state index in [4.69, 9.17) is 19.9 Å². The maximum atomic E-state index is 8.69. The van der Waals surface area contributed by atoms with Gasteiger partial charge in [0.25, 0.3) is 0 Å². The van der Waals surface area contributed by atoms with Crippen LogP contribution in [0.3, 0.4) is 0 Å². The number of methoxy groups -OCH3 is 2.